The molecule has 0 spiro atoms. The number of H-pyrrole nitrogens is 1. The van der Waals surface area contributed by atoms with Crippen molar-refractivity contribution in [2.75, 3.05) is 10.6 Å². The summed E-state index contributed by atoms with van der Waals surface area (Å²) in [7, 11) is 0. The number of aromatic hydroxyl groups is 1. The van der Waals surface area contributed by atoms with Gasteiger partial charge in [-0.3, -0.25) is 4.79 Å². The van der Waals surface area contributed by atoms with E-state index < -0.39 is 29.0 Å². The molecule has 0 bridgehead atoms. The van der Waals surface area contributed by atoms with E-state index in [0.29, 0.717) is 0 Å². The van der Waals surface area contributed by atoms with E-state index in [1.165, 1.54) is 11.3 Å². The number of urea groups is 1. The zero-order valence-electron chi connectivity index (χ0n) is 13.6. The molecule has 0 aliphatic rings. The molecule has 0 fully saturated rings. The van der Waals surface area contributed by atoms with Crippen LogP contribution < -0.4 is 16.2 Å². The molecule has 28 heavy (non-hydrogen) atoms. The Morgan fingerprint density at radius 1 is 1.14 bits per heavy atom. The van der Waals surface area contributed by atoms with Gasteiger partial charge in [-0.25, -0.2) is 14.6 Å². The molecule has 144 valence electrons. The molecule has 0 saturated heterocycles. The molecule has 9 nitrogen and oxygen atoms in total. The highest BCUT2D eigenvalue weighted by Crippen LogP contribution is 2.32. The number of carboxylic acids is 1. The molecule has 0 saturated carbocycles. The molecule has 5 N–H and O–H groups in total. The van der Waals surface area contributed by atoms with Crippen LogP contribution in [0.1, 0.15) is 10.5 Å². The van der Waals surface area contributed by atoms with Crippen LogP contribution in [-0.4, -0.2) is 32.2 Å². The quantitative estimate of drug-likeness (QED) is 0.416. The van der Waals surface area contributed by atoms with Crippen LogP contribution in [0.15, 0.2) is 33.8 Å². The fourth-order valence-corrected chi connectivity index (χ4v) is 3.31. The fraction of sp³-hybridized carbons (Fsp3) is 0. The molecular formula is C16H10Cl2N4O5S. The lowest BCUT2D eigenvalue weighted by atomic mass is 10.2. The van der Waals surface area contributed by atoms with Gasteiger partial charge >= 0.3 is 12.0 Å². The summed E-state index contributed by atoms with van der Waals surface area (Å²) in [5, 5.41) is 27.2. The lowest BCUT2D eigenvalue weighted by Gasteiger charge is -2.10. The summed E-state index contributed by atoms with van der Waals surface area (Å²) in [6, 6.07) is 4.08. The minimum Gasteiger partial charge on any atom is -0.501 e. The molecule has 3 rings (SSSR count). The maximum Gasteiger partial charge on any atom is 0.358 e. The molecule has 2 aromatic heterocycles. The topological polar surface area (TPSA) is 144 Å². The van der Waals surface area contributed by atoms with Crippen molar-refractivity contribution in [1.82, 2.24) is 9.97 Å². The fourth-order valence-electron chi connectivity index (χ4n) is 2.20. The predicted molar refractivity (Wildman–Crippen MR) is 106 cm³/mol. The summed E-state index contributed by atoms with van der Waals surface area (Å²) in [5.74, 6) is -2.70. The first-order valence-electron chi connectivity index (χ1n) is 7.43. The molecule has 0 aliphatic heterocycles. The number of aromatic nitrogens is 2. The van der Waals surface area contributed by atoms with E-state index in [9.17, 15) is 19.5 Å². The number of halogens is 2. The molecule has 3 aromatic rings. The number of nitrogens with zero attached hydrogens (tertiary/aromatic N) is 1. The first kappa shape index (κ1) is 19.7. The Hall–Kier alpha value is -3.08. The lowest BCUT2D eigenvalue weighted by Crippen LogP contribution is -2.20. The maximum absolute atomic E-state index is 12.3. The van der Waals surface area contributed by atoms with Gasteiger partial charge in [0.2, 0.25) is 5.75 Å². The van der Waals surface area contributed by atoms with Crippen LogP contribution in [0.25, 0.3) is 11.4 Å². The zero-order valence-corrected chi connectivity index (χ0v) is 15.9. The van der Waals surface area contributed by atoms with Gasteiger partial charge in [-0.15, -0.1) is 11.3 Å². The average Bonchev–Trinajstić information content (AvgIpc) is 3.09. The van der Waals surface area contributed by atoms with E-state index in [4.69, 9.17) is 28.3 Å². The molecule has 12 heteroatoms. The number of amides is 2. The standard InChI is InChI=1S/C16H10Cl2N4O5S/c17-7-2-1-3-8(10(7)18)19-16(27)20-9-5-28-4-6(9)13-21-11(15(25)26)12(23)14(24)22-13/h1-5,23H,(H,25,26)(H2,19,20,27)(H,21,22,24). The van der Waals surface area contributed by atoms with Crippen LogP contribution in [0.3, 0.4) is 0 Å². The number of anilines is 2. The van der Waals surface area contributed by atoms with E-state index in [1.54, 1.807) is 29.0 Å². The van der Waals surface area contributed by atoms with Gasteiger partial charge in [-0.2, -0.15) is 0 Å². The highest BCUT2D eigenvalue weighted by atomic mass is 35.5. The van der Waals surface area contributed by atoms with E-state index in [-0.39, 0.29) is 32.8 Å². The van der Waals surface area contributed by atoms with Crippen LogP contribution >= 0.6 is 34.5 Å². The molecule has 0 radical (unpaired) electrons. The van der Waals surface area contributed by atoms with Crippen LogP contribution in [0.2, 0.25) is 10.0 Å². The molecule has 2 amide bonds. The first-order chi connectivity index (χ1) is 13.3. The normalized spacial score (nSPS) is 10.5. The van der Waals surface area contributed by atoms with Crippen molar-refractivity contribution < 1.29 is 19.8 Å². The average molecular weight is 441 g/mol. The largest absolute Gasteiger partial charge is 0.501 e. The minimum atomic E-state index is -1.57. The number of nitrogens with one attached hydrogen (secondary N) is 3. The van der Waals surface area contributed by atoms with Crippen molar-refractivity contribution in [3.05, 3.63) is 55.1 Å². The van der Waals surface area contributed by atoms with Crippen LogP contribution in [0, 0.1) is 0 Å². The number of carbonyl (C=O) groups is 2. The molecule has 1 aromatic carbocycles. The van der Waals surface area contributed by atoms with E-state index in [2.05, 4.69) is 20.6 Å². The van der Waals surface area contributed by atoms with Gasteiger partial charge < -0.3 is 25.8 Å². The van der Waals surface area contributed by atoms with Crippen LogP contribution in [0.5, 0.6) is 5.75 Å². The summed E-state index contributed by atoms with van der Waals surface area (Å²) in [5.41, 5.74) is -1.02. The highest BCUT2D eigenvalue weighted by Gasteiger charge is 2.20. The summed E-state index contributed by atoms with van der Waals surface area (Å²) >= 11 is 13.1. The summed E-state index contributed by atoms with van der Waals surface area (Å²) in [6.07, 6.45) is 0. The molecule has 0 atom stereocenters. The van der Waals surface area contributed by atoms with Gasteiger partial charge in [0.15, 0.2) is 5.69 Å². The van der Waals surface area contributed by atoms with Crippen molar-refractivity contribution in [3.8, 4) is 17.1 Å². The Morgan fingerprint density at radius 2 is 1.86 bits per heavy atom. The lowest BCUT2D eigenvalue weighted by molar-refractivity contribution is 0.0686. The first-order valence-corrected chi connectivity index (χ1v) is 9.13. The Balaban J connectivity index is 1.89. The number of rotatable bonds is 4. The monoisotopic (exact) mass is 440 g/mol. The number of carboxylic acid groups (broad SMARTS) is 1. The second kappa shape index (κ2) is 7.89. The van der Waals surface area contributed by atoms with E-state index in [1.807, 2.05) is 0 Å². The maximum atomic E-state index is 12.3. The van der Waals surface area contributed by atoms with E-state index >= 15 is 0 Å². The number of hydrogen-bond donors (Lipinski definition) is 5. The number of hydrogen-bond acceptors (Lipinski definition) is 6. The third kappa shape index (κ3) is 3.93. The van der Waals surface area contributed by atoms with Crippen LogP contribution in [-0.2, 0) is 0 Å². The second-order valence-corrected chi connectivity index (χ2v) is 6.83. The minimum absolute atomic E-state index is 0.127. The molecule has 0 aliphatic carbocycles. The van der Waals surface area contributed by atoms with Gasteiger partial charge in [0, 0.05) is 10.8 Å². The van der Waals surface area contributed by atoms with Crippen molar-refractivity contribution in [3.63, 3.8) is 0 Å². The SMILES string of the molecule is O=C(Nc1cscc1-c1nc(C(=O)O)c(O)c(=O)[nH]1)Nc1cccc(Cl)c1Cl. The third-order valence-corrected chi connectivity index (χ3v) is 5.03. The van der Waals surface area contributed by atoms with Gasteiger partial charge in [0.1, 0.15) is 5.82 Å². The van der Waals surface area contributed by atoms with Gasteiger partial charge in [-0.1, -0.05) is 29.3 Å². The Labute approximate surface area is 170 Å². The summed E-state index contributed by atoms with van der Waals surface area (Å²) in [4.78, 5) is 41.2. The summed E-state index contributed by atoms with van der Waals surface area (Å²) < 4.78 is 0. The Bertz CT molecular complexity index is 1140. The zero-order chi connectivity index (χ0) is 20.4. The number of carbonyl (C=O) groups excluding carboxylic acids is 1. The number of thiophene rings is 1. The van der Waals surface area contributed by atoms with Crippen molar-refractivity contribution >= 4 is 57.9 Å². The van der Waals surface area contributed by atoms with Gasteiger partial charge in [0.05, 0.1) is 27.0 Å². The van der Waals surface area contributed by atoms with Gasteiger partial charge in [-0.05, 0) is 12.1 Å². The highest BCUT2D eigenvalue weighted by molar-refractivity contribution is 7.08. The van der Waals surface area contributed by atoms with Crippen molar-refractivity contribution in [2.24, 2.45) is 0 Å². The molecule has 0 unspecified atom stereocenters. The van der Waals surface area contributed by atoms with Crippen molar-refractivity contribution in [1.29, 1.82) is 0 Å². The number of aromatic carboxylic acids is 1. The van der Waals surface area contributed by atoms with Crippen molar-refractivity contribution in [2.45, 2.75) is 0 Å². The van der Waals surface area contributed by atoms with Gasteiger partial charge in [0.25, 0.3) is 5.56 Å². The van der Waals surface area contributed by atoms with E-state index in [0.717, 1.165) is 0 Å². The number of aromatic amines is 1. The number of benzene rings is 1. The second-order valence-electron chi connectivity index (χ2n) is 5.30. The Morgan fingerprint density at radius 3 is 2.57 bits per heavy atom. The van der Waals surface area contributed by atoms with Crippen LogP contribution in [0.4, 0.5) is 16.2 Å². The molecular weight excluding hydrogens is 431 g/mol. The Kier molecular flexibility index (Phi) is 5.54. The smallest absolute Gasteiger partial charge is 0.358 e. The third-order valence-electron chi connectivity index (χ3n) is 3.46. The predicted octanol–water partition coefficient (Wildman–Crippen LogP) is 3.85. The molecule has 2 heterocycles. The summed E-state index contributed by atoms with van der Waals surface area (Å²) in [6.45, 7) is 0.